The van der Waals surface area contributed by atoms with Crippen LogP contribution in [0, 0.1) is 38.7 Å². The Morgan fingerprint density at radius 2 is 1.71 bits per heavy atom. The lowest BCUT2D eigenvalue weighted by atomic mass is 10.0. The highest BCUT2D eigenvalue weighted by molar-refractivity contribution is 6.00. The molecule has 0 unspecified atom stereocenters. The maximum absolute atomic E-state index is 11.2. The van der Waals surface area contributed by atoms with Crippen molar-refractivity contribution in [1.82, 2.24) is 20.2 Å². The third-order valence-electron chi connectivity index (χ3n) is 5.71. The summed E-state index contributed by atoms with van der Waals surface area (Å²) in [5, 5.41) is 41.6. The number of nitro groups is 1. The van der Waals surface area contributed by atoms with E-state index < -0.39 is 4.92 Å². The number of hydrogen-bond donors (Lipinski definition) is 1. The van der Waals surface area contributed by atoms with Gasteiger partial charge < -0.3 is 15.1 Å². The molecule has 0 spiro atoms. The largest absolute Gasteiger partial charge is 0.357 e. The summed E-state index contributed by atoms with van der Waals surface area (Å²) < 4.78 is 0. The third-order valence-corrected chi connectivity index (χ3v) is 5.71. The van der Waals surface area contributed by atoms with Gasteiger partial charge in [-0.05, 0) is 18.9 Å². The first kappa shape index (κ1) is 22.6. The molecule has 4 heterocycles. The number of nitro benzene ring substituents is 1. The van der Waals surface area contributed by atoms with Crippen molar-refractivity contribution in [3.63, 3.8) is 0 Å². The molecule has 0 bridgehead atoms. The van der Waals surface area contributed by atoms with Gasteiger partial charge in [0, 0.05) is 56.1 Å². The number of hydrogen-bond acceptors (Lipinski definition) is 11. The summed E-state index contributed by atoms with van der Waals surface area (Å²) in [5.41, 5.74) is 0.514. The molecule has 0 saturated carbocycles. The SMILES string of the molecule is CNc1ncc(C#N)cn1.N#CC1CN(c2nnc(N3CCCC3)c3ccc([N+](=O)[O-])cc23)C1. The molecule has 0 aliphatic carbocycles. The van der Waals surface area contributed by atoms with Crippen LogP contribution in [-0.4, -0.2) is 58.3 Å². The van der Waals surface area contributed by atoms with E-state index in [-0.39, 0.29) is 11.6 Å². The molecule has 3 aromatic rings. The van der Waals surface area contributed by atoms with E-state index in [0.29, 0.717) is 30.4 Å². The van der Waals surface area contributed by atoms with Crippen LogP contribution in [0.1, 0.15) is 18.4 Å². The zero-order valence-electron chi connectivity index (χ0n) is 18.5. The van der Waals surface area contributed by atoms with Crippen LogP contribution in [0.3, 0.4) is 0 Å². The van der Waals surface area contributed by atoms with Crippen LogP contribution in [0.15, 0.2) is 30.6 Å². The number of anilines is 3. The first-order chi connectivity index (χ1) is 16.5. The molecule has 34 heavy (non-hydrogen) atoms. The van der Waals surface area contributed by atoms with Crippen LogP contribution < -0.4 is 15.1 Å². The van der Waals surface area contributed by atoms with Gasteiger partial charge in [0.1, 0.15) is 6.07 Å². The maximum atomic E-state index is 11.2. The Kier molecular flexibility index (Phi) is 6.59. The number of nitriles is 2. The van der Waals surface area contributed by atoms with Crippen LogP contribution in [-0.2, 0) is 0 Å². The first-order valence-electron chi connectivity index (χ1n) is 10.8. The van der Waals surface area contributed by atoms with E-state index in [1.165, 1.54) is 18.5 Å². The predicted octanol–water partition coefficient (Wildman–Crippen LogP) is 2.49. The summed E-state index contributed by atoms with van der Waals surface area (Å²) >= 11 is 0. The van der Waals surface area contributed by atoms with E-state index in [2.05, 4.69) is 36.5 Å². The van der Waals surface area contributed by atoms with Gasteiger partial charge >= 0.3 is 0 Å². The average molecular weight is 458 g/mol. The molecule has 5 rings (SSSR count). The van der Waals surface area contributed by atoms with Gasteiger partial charge in [-0.15, -0.1) is 10.2 Å². The smallest absolute Gasteiger partial charge is 0.270 e. The zero-order chi connectivity index (χ0) is 24.1. The van der Waals surface area contributed by atoms with Crippen LogP contribution >= 0.6 is 0 Å². The molecule has 1 aromatic carbocycles. The van der Waals surface area contributed by atoms with Crippen molar-refractivity contribution < 1.29 is 4.92 Å². The van der Waals surface area contributed by atoms with Crippen molar-refractivity contribution in [1.29, 1.82) is 10.5 Å². The molecular formula is C22H22N10O2. The summed E-state index contributed by atoms with van der Waals surface area (Å²) in [6, 6.07) is 9.00. The number of nitrogens with one attached hydrogen (secondary N) is 1. The third kappa shape index (κ3) is 4.61. The standard InChI is InChI=1S/C16H16N6O2.C6H6N4/c17-8-11-9-21(10-11)16-14-7-12(22(23)24)3-4-13(14)15(18-19-16)20-5-1-2-6-20;1-8-6-9-3-5(2-7)4-10-6/h3-4,7,11H,1-2,5-6,9-10H2;3-4H,1H3,(H,8,9,10). The van der Waals surface area contributed by atoms with E-state index in [1.54, 1.807) is 19.2 Å². The second-order valence-corrected chi connectivity index (χ2v) is 7.92. The van der Waals surface area contributed by atoms with Crippen molar-refractivity contribution in [2.45, 2.75) is 12.8 Å². The number of rotatable bonds is 4. The Hall–Kier alpha value is -4.58. The van der Waals surface area contributed by atoms with Crippen LogP contribution in [0.2, 0.25) is 0 Å². The maximum Gasteiger partial charge on any atom is 0.270 e. The monoisotopic (exact) mass is 458 g/mol. The minimum absolute atomic E-state index is 0.0150. The van der Waals surface area contributed by atoms with Crippen LogP contribution in [0.25, 0.3) is 10.8 Å². The van der Waals surface area contributed by atoms with E-state index in [0.717, 1.165) is 42.5 Å². The summed E-state index contributed by atoms with van der Waals surface area (Å²) in [4.78, 5) is 22.5. The predicted molar refractivity (Wildman–Crippen MR) is 125 cm³/mol. The Morgan fingerprint density at radius 3 is 2.26 bits per heavy atom. The van der Waals surface area contributed by atoms with Crippen molar-refractivity contribution >= 4 is 34.0 Å². The molecule has 172 valence electrons. The van der Waals surface area contributed by atoms with Gasteiger partial charge in [-0.2, -0.15) is 10.5 Å². The minimum Gasteiger partial charge on any atom is -0.357 e. The Bertz CT molecular complexity index is 1270. The second kappa shape index (κ2) is 9.92. The van der Waals surface area contributed by atoms with Gasteiger partial charge in [0.05, 0.1) is 34.9 Å². The molecule has 2 aliphatic rings. The highest BCUT2D eigenvalue weighted by Crippen LogP contribution is 2.36. The van der Waals surface area contributed by atoms with E-state index in [4.69, 9.17) is 10.5 Å². The highest BCUT2D eigenvalue weighted by Gasteiger charge is 2.30. The first-order valence-corrected chi connectivity index (χ1v) is 10.8. The fourth-order valence-corrected chi connectivity index (χ4v) is 3.87. The zero-order valence-corrected chi connectivity index (χ0v) is 18.5. The molecular weight excluding hydrogens is 436 g/mol. The van der Waals surface area contributed by atoms with Gasteiger partial charge in [-0.3, -0.25) is 10.1 Å². The van der Waals surface area contributed by atoms with Crippen LogP contribution in [0.4, 0.5) is 23.3 Å². The summed E-state index contributed by atoms with van der Waals surface area (Å²) in [7, 11) is 1.72. The van der Waals surface area contributed by atoms with E-state index >= 15 is 0 Å². The van der Waals surface area contributed by atoms with Gasteiger partial charge in [0.2, 0.25) is 5.95 Å². The van der Waals surface area contributed by atoms with Crippen LogP contribution in [0.5, 0.6) is 0 Å². The quantitative estimate of drug-likeness (QED) is 0.451. The number of non-ortho nitro benzene ring substituents is 1. The fraction of sp³-hybridized carbons (Fsp3) is 0.364. The van der Waals surface area contributed by atoms with Crippen molar-refractivity contribution in [3.8, 4) is 12.1 Å². The Morgan fingerprint density at radius 1 is 1.06 bits per heavy atom. The molecule has 0 amide bonds. The van der Waals surface area contributed by atoms with Gasteiger partial charge in [0.25, 0.3) is 5.69 Å². The minimum atomic E-state index is -0.395. The van der Waals surface area contributed by atoms with Gasteiger partial charge in [-0.25, -0.2) is 9.97 Å². The summed E-state index contributed by atoms with van der Waals surface area (Å²) in [6.07, 6.45) is 5.18. The van der Waals surface area contributed by atoms with Crippen molar-refractivity contribution in [3.05, 3.63) is 46.3 Å². The van der Waals surface area contributed by atoms with Gasteiger partial charge in [-0.1, -0.05) is 0 Å². The number of aromatic nitrogens is 4. The Balaban J connectivity index is 0.000000231. The topological polar surface area (TPSA) is 161 Å². The number of nitrogens with zero attached hydrogens (tertiary/aromatic N) is 9. The van der Waals surface area contributed by atoms with E-state index in [9.17, 15) is 10.1 Å². The molecule has 2 saturated heterocycles. The number of fused-ring (bicyclic) bond motifs is 1. The second-order valence-electron chi connectivity index (χ2n) is 7.92. The van der Waals surface area contributed by atoms with E-state index in [1.807, 2.05) is 11.0 Å². The number of benzene rings is 1. The molecule has 2 fully saturated rings. The lowest BCUT2D eigenvalue weighted by Gasteiger charge is -2.36. The average Bonchev–Trinajstić information content (AvgIpc) is 3.38. The summed E-state index contributed by atoms with van der Waals surface area (Å²) in [5.74, 6) is 1.93. The fourth-order valence-electron chi connectivity index (χ4n) is 3.87. The van der Waals surface area contributed by atoms with Gasteiger partial charge in [0.15, 0.2) is 11.6 Å². The molecule has 0 atom stereocenters. The lowest BCUT2D eigenvalue weighted by molar-refractivity contribution is -0.384. The van der Waals surface area contributed by atoms with Crippen molar-refractivity contribution in [2.24, 2.45) is 5.92 Å². The lowest BCUT2D eigenvalue weighted by Crippen LogP contribution is -2.46. The highest BCUT2D eigenvalue weighted by atomic mass is 16.6. The Labute approximate surface area is 195 Å². The molecule has 2 aromatic heterocycles. The van der Waals surface area contributed by atoms with Crippen molar-refractivity contribution in [2.75, 3.05) is 48.3 Å². The molecule has 12 heteroatoms. The molecule has 12 nitrogen and oxygen atoms in total. The molecule has 1 N–H and O–H groups in total. The summed E-state index contributed by atoms with van der Waals surface area (Å²) in [6.45, 7) is 3.04. The molecule has 0 radical (unpaired) electrons. The molecule has 2 aliphatic heterocycles. The normalized spacial score (nSPS) is 15.0.